The number of carbonyl (C=O) groups is 1. The molecule has 1 aliphatic heterocycles. The Morgan fingerprint density at radius 2 is 1.96 bits per heavy atom. The van der Waals surface area contributed by atoms with Gasteiger partial charge in [-0.1, -0.05) is 23.7 Å². The molecule has 148 valence electrons. The van der Waals surface area contributed by atoms with Crippen LogP contribution in [0.25, 0.3) is 0 Å². The molecule has 1 aliphatic rings. The van der Waals surface area contributed by atoms with Gasteiger partial charge in [0.05, 0.1) is 10.7 Å². The van der Waals surface area contributed by atoms with Crippen LogP contribution in [-0.2, 0) is 11.3 Å². The fraction of sp³-hybridized carbons (Fsp3) is 0.300. The number of rotatable bonds is 6. The molecular formula is C20H23ClN4O3. The molecule has 8 heteroatoms. The summed E-state index contributed by atoms with van der Waals surface area (Å²) in [4.78, 5) is 16.3. The van der Waals surface area contributed by atoms with Crippen molar-refractivity contribution in [3.05, 3.63) is 52.5 Å². The Kier molecular flexibility index (Phi) is 6.60. The highest BCUT2D eigenvalue weighted by Gasteiger charge is 2.13. The molecule has 2 aromatic carbocycles. The largest absolute Gasteiger partial charge is 0.454 e. The number of hydrogen-bond donors (Lipinski definition) is 3. The minimum Gasteiger partial charge on any atom is -0.454 e. The third-order valence-electron chi connectivity index (χ3n) is 4.16. The zero-order chi connectivity index (χ0) is 19.9. The average molecular weight is 403 g/mol. The standard InChI is InChI=1S/C20H23ClN4O3/c1-13-3-5-16(15(21)9-13)25-19(26)7-8-23-20(22-2)24-11-14-4-6-17-18(10-14)28-12-27-17/h3-6,9-10H,7-8,11-12H2,1-2H3,(H,25,26)(H2,22,23,24). The quantitative estimate of drug-likeness (QED) is 0.511. The number of anilines is 1. The molecule has 2 aromatic rings. The predicted molar refractivity (Wildman–Crippen MR) is 110 cm³/mol. The molecule has 3 rings (SSSR count). The average Bonchev–Trinajstić information content (AvgIpc) is 3.14. The van der Waals surface area contributed by atoms with Crippen LogP contribution in [0.15, 0.2) is 41.4 Å². The maximum absolute atomic E-state index is 12.1. The van der Waals surface area contributed by atoms with Gasteiger partial charge >= 0.3 is 0 Å². The predicted octanol–water partition coefficient (Wildman–Crippen LogP) is 3.07. The van der Waals surface area contributed by atoms with Crippen molar-refractivity contribution in [3.8, 4) is 11.5 Å². The first-order chi connectivity index (χ1) is 13.5. The lowest BCUT2D eigenvalue weighted by Crippen LogP contribution is -2.38. The summed E-state index contributed by atoms with van der Waals surface area (Å²) in [5.74, 6) is 1.99. The van der Waals surface area contributed by atoms with Gasteiger partial charge in [0, 0.05) is 26.6 Å². The number of benzene rings is 2. The summed E-state index contributed by atoms with van der Waals surface area (Å²) in [6.07, 6.45) is 0.287. The number of amides is 1. The molecule has 0 bridgehead atoms. The Bertz CT molecular complexity index is 886. The van der Waals surface area contributed by atoms with Gasteiger partial charge in [0.25, 0.3) is 0 Å². The third-order valence-corrected chi connectivity index (χ3v) is 4.48. The summed E-state index contributed by atoms with van der Waals surface area (Å²) in [6.45, 7) is 3.21. The molecule has 7 nitrogen and oxygen atoms in total. The van der Waals surface area contributed by atoms with E-state index in [4.69, 9.17) is 21.1 Å². The Balaban J connectivity index is 1.42. The third kappa shape index (κ3) is 5.29. The number of halogens is 1. The van der Waals surface area contributed by atoms with E-state index in [-0.39, 0.29) is 19.1 Å². The Labute approximate surface area is 169 Å². The zero-order valence-electron chi connectivity index (χ0n) is 15.8. The zero-order valence-corrected chi connectivity index (χ0v) is 16.6. The number of nitrogens with zero attached hydrogens (tertiary/aromatic N) is 1. The highest BCUT2D eigenvalue weighted by Crippen LogP contribution is 2.32. The number of ether oxygens (including phenoxy) is 2. The molecule has 3 N–H and O–H groups in total. The molecule has 0 atom stereocenters. The van der Waals surface area contributed by atoms with Gasteiger partial charge in [-0.15, -0.1) is 0 Å². The van der Waals surface area contributed by atoms with Crippen molar-refractivity contribution in [2.24, 2.45) is 4.99 Å². The van der Waals surface area contributed by atoms with E-state index in [0.29, 0.717) is 29.8 Å². The minimum atomic E-state index is -0.121. The second kappa shape index (κ2) is 9.32. The molecule has 0 aromatic heterocycles. The van der Waals surface area contributed by atoms with E-state index in [1.807, 2.05) is 37.3 Å². The Hall–Kier alpha value is -2.93. The van der Waals surface area contributed by atoms with E-state index in [0.717, 1.165) is 22.6 Å². The van der Waals surface area contributed by atoms with Crippen LogP contribution in [0.1, 0.15) is 17.5 Å². The molecule has 0 unspecified atom stereocenters. The van der Waals surface area contributed by atoms with Crippen LogP contribution < -0.4 is 25.4 Å². The number of guanidine groups is 1. The van der Waals surface area contributed by atoms with Gasteiger partial charge in [0.15, 0.2) is 17.5 Å². The van der Waals surface area contributed by atoms with E-state index in [9.17, 15) is 4.79 Å². The summed E-state index contributed by atoms with van der Waals surface area (Å²) in [7, 11) is 1.68. The van der Waals surface area contributed by atoms with Gasteiger partial charge < -0.3 is 25.4 Å². The van der Waals surface area contributed by atoms with Crippen molar-refractivity contribution < 1.29 is 14.3 Å². The summed E-state index contributed by atoms with van der Waals surface area (Å²) in [5.41, 5.74) is 2.70. The van der Waals surface area contributed by atoms with Crippen LogP contribution >= 0.6 is 11.6 Å². The van der Waals surface area contributed by atoms with E-state index in [1.165, 1.54) is 0 Å². The first-order valence-corrected chi connectivity index (χ1v) is 9.32. The highest BCUT2D eigenvalue weighted by molar-refractivity contribution is 6.33. The number of fused-ring (bicyclic) bond motifs is 1. The maximum Gasteiger partial charge on any atom is 0.231 e. The molecule has 28 heavy (non-hydrogen) atoms. The lowest BCUT2D eigenvalue weighted by molar-refractivity contribution is -0.116. The van der Waals surface area contributed by atoms with Gasteiger partial charge in [-0.05, 0) is 42.3 Å². The van der Waals surface area contributed by atoms with Crippen molar-refractivity contribution in [1.82, 2.24) is 10.6 Å². The number of hydrogen-bond acceptors (Lipinski definition) is 4. The Morgan fingerprint density at radius 1 is 1.14 bits per heavy atom. The second-order valence-electron chi connectivity index (χ2n) is 6.32. The van der Waals surface area contributed by atoms with Gasteiger partial charge in [0.2, 0.25) is 12.7 Å². The topological polar surface area (TPSA) is 84.0 Å². The summed E-state index contributed by atoms with van der Waals surface area (Å²) >= 11 is 6.14. The molecular weight excluding hydrogens is 380 g/mol. The van der Waals surface area contributed by atoms with Crippen LogP contribution in [0.3, 0.4) is 0 Å². The Morgan fingerprint density at radius 3 is 2.75 bits per heavy atom. The van der Waals surface area contributed by atoms with Crippen LogP contribution in [0.4, 0.5) is 5.69 Å². The number of aliphatic imine (C=N–C) groups is 1. The van der Waals surface area contributed by atoms with E-state index >= 15 is 0 Å². The van der Waals surface area contributed by atoms with Crippen LogP contribution in [-0.4, -0.2) is 32.3 Å². The van der Waals surface area contributed by atoms with Gasteiger partial charge in [0.1, 0.15) is 0 Å². The van der Waals surface area contributed by atoms with Gasteiger partial charge in [-0.2, -0.15) is 0 Å². The lowest BCUT2D eigenvalue weighted by Gasteiger charge is -2.12. The molecule has 0 saturated heterocycles. The van der Waals surface area contributed by atoms with E-state index < -0.39 is 0 Å². The fourth-order valence-corrected chi connectivity index (χ4v) is 2.97. The SMILES string of the molecule is CN=C(NCCC(=O)Nc1ccc(C)cc1Cl)NCc1ccc2c(c1)OCO2. The molecule has 1 amide bonds. The van der Waals surface area contributed by atoms with Crippen molar-refractivity contribution in [2.45, 2.75) is 19.9 Å². The van der Waals surface area contributed by atoms with Gasteiger partial charge in [-0.3, -0.25) is 9.79 Å². The molecule has 0 fully saturated rings. The minimum absolute atomic E-state index is 0.121. The molecule has 0 aliphatic carbocycles. The smallest absolute Gasteiger partial charge is 0.231 e. The van der Waals surface area contributed by atoms with Crippen molar-refractivity contribution in [3.63, 3.8) is 0 Å². The second-order valence-corrected chi connectivity index (χ2v) is 6.73. The van der Waals surface area contributed by atoms with Crippen molar-refractivity contribution >= 4 is 29.2 Å². The monoisotopic (exact) mass is 402 g/mol. The molecule has 0 spiro atoms. The summed E-state index contributed by atoms with van der Waals surface area (Å²) in [6, 6.07) is 11.3. The van der Waals surface area contributed by atoms with Crippen LogP contribution in [0.2, 0.25) is 5.02 Å². The number of nitrogens with one attached hydrogen (secondary N) is 3. The first-order valence-electron chi connectivity index (χ1n) is 8.94. The van der Waals surface area contributed by atoms with Crippen LogP contribution in [0, 0.1) is 6.92 Å². The number of carbonyl (C=O) groups excluding carboxylic acids is 1. The summed E-state index contributed by atoms with van der Waals surface area (Å²) < 4.78 is 10.7. The van der Waals surface area contributed by atoms with Crippen LogP contribution in [0.5, 0.6) is 11.5 Å². The maximum atomic E-state index is 12.1. The van der Waals surface area contributed by atoms with Crippen molar-refractivity contribution in [2.75, 3.05) is 25.7 Å². The summed E-state index contributed by atoms with van der Waals surface area (Å²) in [5, 5.41) is 9.67. The lowest BCUT2D eigenvalue weighted by atomic mass is 10.2. The fourth-order valence-electron chi connectivity index (χ4n) is 2.69. The number of aryl methyl sites for hydroxylation is 1. The van der Waals surface area contributed by atoms with Crippen molar-refractivity contribution in [1.29, 1.82) is 0 Å². The molecule has 0 saturated carbocycles. The highest BCUT2D eigenvalue weighted by atomic mass is 35.5. The first kappa shape index (κ1) is 19.8. The normalized spacial score (nSPS) is 12.6. The molecule has 0 radical (unpaired) electrons. The van der Waals surface area contributed by atoms with E-state index in [2.05, 4.69) is 20.9 Å². The van der Waals surface area contributed by atoms with E-state index in [1.54, 1.807) is 13.1 Å². The van der Waals surface area contributed by atoms with Gasteiger partial charge in [-0.25, -0.2) is 0 Å². The molecule has 1 heterocycles.